The summed E-state index contributed by atoms with van der Waals surface area (Å²) in [4.78, 5) is 0.383. The fraction of sp³-hybridized carbons (Fsp3) is 0.286. The Bertz CT molecular complexity index is 684. The number of methoxy groups -OCH3 is 1. The number of rotatable bonds is 3. The van der Waals surface area contributed by atoms with Crippen molar-refractivity contribution in [2.75, 3.05) is 7.11 Å². The molecule has 2 N–H and O–H groups in total. The molecule has 0 saturated carbocycles. The van der Waals surface area contributed by atoms with Gasteiger partial charge in [-0.15, -0.1) is 23.7 Å². The standard InChI is InChI=1S/C14H11F6NOS.ClH/c1-22-9-6-7(13(15,16)17)5-8(14(18,19)20)11(9)12(21)10-3-2-4-23-10;/h2-6,12H,21H2,1H3;1H/t12-;/m0./s1. The van der Waals surface area contributed by atoms with Gasteiger partial charge in [-0.1, -0.05) is 6.07 Å². The van der Waals surface area contributed by atoms with Crippen molar-refractivity contribution < 1.29 is 31.1 Å². The average molecular weight is 392 g/mol. The predicted octanol–water partition coefficient (Wildman–Crippen LogP) is 5.26. The van der Waals surface area contributed by atoms with Gasteiger partial charge in [0, 0.05) is 10.4 Å². The molecule has 1 aromatic carbocycles. The van der Waals surface area contributed by atoms with Crippen molar-refractivity contribution in [3.63, 3.8) is 0 Å². The van der Waals surface area contributed by atoms with E-state index in [1.54, 1.807) is 11.4 Å². The van der Waals surface area contributed by atoms with Gasteiger partial charge in [-0.25, -0.2) is 0 Å². The zero-order chi connectivity index (χ0) is 17.4. The minimum atomic E-state index is -5.00. The first-order chi connectivity index (χ1) is 10.6. The zero-order valence-electron chi connectivity index (χ0n) is 12.0. The number of hydrogen-bond acceptors (Lipinski definition) is 3. The van der Waals surface area contributed by atoms with Crippen LogP contribution in [0.2, 0.25) is 0 Å². The molecule has 0 bridgehead atoms. The molecule has 1 atom stereocenters. The number of ether oxygens (including phenoxy) is 1. The molecule has 0 spiro atoms. The maximum atomic E-state index is 13.3. The zero-order valence-corrected chi connectivity index (χ0v) is 13.7. The molecule has 0 aliphatic carbocycles. The molecule has 24 heavy (non-hydrogen) atoms. The van der Waals surface area contributed by atoms with E-state index < -0.39 is 40.8 Å². The number of benzene rings is 1. The van der Waals surface area contributed by atoms with Gasteiger partial charge in [0.2, 0.25) is 0 Å². The van der Waals surface area contributed by atoms with Crippen molar-refractivity contribution in [3.8, 4) is 5.75 Å². The molecular formula is C14H12ClF6NOS. The quantitative estimate of drug-likeness (QED) is 0.724. The largest absolute Gasteiger partial charge is 0.496 e. The Morgan fingerprint density at radius 2 is 1.71 bits per heavy atom. The number of nitrogens with two attached hydrogens (primary N) is 1. The maximum Gasteiger partial charge on any atom is 0.416 e. The van der Waals surface area contributed by atoms with Gasteiger partial charge in [0.05, 0.1) is 24.3 Å². The smallest absolute Gasteiger partial charge is 0.416 e. The SMILES string of the molecule is COc1cc(C(F)(F)F)cc(C(F)(F)F)c1[C@@H](N)c1cccs1.Cl. The van der Waals surface area contributed by atoms with Crippen LogP contribution in [-0.4, -0.2) is 7.11 Å². The number of alkyl halides is 6. The highest BCUT2D eigenvalue weighted by Crippen LogP contribution is 2.44. The van der Waals surface area contributed by atoms with Crippen LogP contribution in [0.25, 0.3) is 0 Å². The first-order valence-electron chi connectivity index (χ1n) is 6.21. The normalized spacial score (nSPS) is 13.3. The minimum Gasteiger partial charge on any atom is -0.496 e. The van der Waals surface area contributed by atoms with Crippen molar-refractivity contribution in [1.29, 1.82) is 0 Å². The van der Waals surface area contributed by atoms with Crippen LogP contribution in [0.3, 0.4) is 0 Å². The lowest BCUT2D eigenvalue weighted by molar-refractivity contribution is -0.143. The molecule has 0 radical (unpaired) electrons. The summed E-state index contributed by atoms with van der Waals surface area (Å²) in [6.45, 7) is 0. The van der Waals surface area contributed by atoms with Gasteiger partial charge in [0.15, 0.2) is 0 Å². The van der Waals surface area contributed by atoms with E-state index in [1.807, 2.05) is 0 Å². The second-order valence-electron chi connectivity index (χ2n) is 4.63. The Kier molecular flexibility index (Phi) is 6.18. The summed E-state index contributed by atoms with van der Waals surface area (Å²) >= 11 is 1.10. The van der Waals surface area contributed by atoms with Crippen molar-refractivity contribution in [1.82, 2.24) is 0 Å². The number of thiophene rings is 1. The second kappa shape index (κ2) is 7.20. The average Bonchev–Trinajstić information content (AvgIpc) is 2.97. The van der Waals surface area contributed by atoms with Gasteiger partial charge in [0.1, 0.15) is 5.75 Å². The summed E-state index contributed by atoms with van der Waals surface area (Å²) in [5.74, 6) is -0.548. The molecule has 0 aliphatic heterocycles. The highest BCUT2D eigenvalue weighted by molar-refractivity contribution is 7.10. The molecule has 1 aromatic heterocycles. The topological polar surface area (TPSA) is 35.2 Å². The maximum absolute atomic E-state index is 13.3. The van der Waals surface area contributed by atoms with Crippen LogP contribution in [0, 0.1) is 0 Å². The molecule has 1 heterocycles. The third-order valence-electron chi connectivity index (χ3n) is 3.16. The van der Waals surface area contributed by atoms with Crippen LogP contribution in [-0.2, 0) is 12.4 Å². The van der Waals surface area contributed by atoms with Crippen molar-refractivity contribution in [3.05, 3.63) is 51.2 Å². The molecule has 10 heteroatoms. The molecule has 0 unspecified atom stereocenters. The summed E-state index contributed by atoms with van der Waals surface area (Å²) in [5, 5.41) is 1.61. The van der Waals surface area contributed by atoms with Crippen LogP contribution in [0.1, 0.15) is 27.6 Å². The van der Waals surface area contributed by atoms with Gasteiger partial charge >= 0.3 is 12.4 Å². The van der Waals surface area contributed by atoms with Crippen molar-refractivity contribution in [2.45, 2.75) is 18.4 Å². The summed E-state index contributed by atoms with van der Waals surface area (Å²) in [7, 11) is 1.00. The molecule has 2 nitrogen and oxygen atoms in total. The lowest BCUT2D eigenvalue weighted by atomic mass is 9.95. The lowest BCUT2D eigenvalue weighted by Crippen LogP contribution is -2.20. The molecule has 0 fully saturated rings. The Balaban J connectivity index is 0.00000288. The van der Waals surface area contributed by atoms with Crippen LogP contribution in [0.15, 0.2) is 29.6 Å². The number of halogens is 7. The van der Waals surface area contributed by atoms with E-state index >= 15 is 0 Å². The Morgan fingerprint density at radius 1 is 1.08 bits per heavy atom. The van der Waals surface area contributed by atoms with Crippen molar-refractivity contribution >= 4 is 23.7 Å². The lowest BCUT2D eigenvalue weighted by Gasteiger charge is -2.22. The fourth-order valence-electron chi connectivity index (χ4n) is 2.12. The summed E-state index contributed by atoms with van der Waals surface area (Å²) in [6, 6.07) is 2.43. The van der Waals surface area contributed by atoms with Gasteiger partial charge in [-0.3, -0.25) is 0 Å². The van der Waals surface area contributed by atoms with E-state index in [-0.39, 0.29) is 18.5 Å². The van der Waals surface area contributed by atoms with Crippen LogP contribution >= 0.6 is 23.7 Å². The Labute approximate surface area is 143 Å². The summed E-state index contributed by atoms with van der Waals surface area (Å²) in [6.07, 6.45) is -9.93. The molecule has 2 rings (SSSR count). The van der Waals surface area contributed by atoms with Crippen LogP contribution in [0.4, 0.5) is 26.3 Å². The monoisotopic (exact) mass is 391 g/mol. The first kappa shape index (κ1) is 20.6. The Hall–Kier alpha value is -1.45. The van der Waals surface area contributed by atoms with E-state index in [1.165, 1.54) is 6.07 Å². The molecule has 0 aliphatic rings. The van der Waals surface area contributed by atoms with E-state index in [0.717, 1.165) is 18.4 Å². The van der Waals surface area contributed by atoms with Gasteiger partial charge in [0.25, 0.3) is 0 Å². The predicted molar refractivity (Wildman–Crippen MR) is 80.6 cm³/mol. The van der Waals surface area contributed by atoms with E-state index in [4.69, 9.17) is 10.5 Å². The minimum absolute atomic E-state index is 0. The molecule has 2 aromatic rings. The van der Waals surface area contributed by atoms with E-state index in [2.05, 4.69) is 0 Å². The van der Waals surface area contributed by atoms with Crippen molar-refractivity contribution in [2.24, 2.45) is 5.73 Å². The summed E-state index contributed by atoms with van der Waals surface area (Å²) < 4.78 is 83.0. The summed E-state index contributed by atoms with van der Waals surface area (Å²) in [5.41, 5.74) is 2.43. The third kappa shape index (κ3) is 4.14. The van der Waals surface area contributed by atoms with Crippen LogP contribution < -0.4 is 10.5 Å². The van der Waals surface area contributed by atoms with Gasteiger partial charge in [-0.05, 0) is 23.6 Å². The highest BCUT2D eigenvalue weighted by atomic mass is 35.5. The van der Waals surface area contributed by atoms with Gasteiger partial charge in [-0.2, -0.15) is 26.3 Å². The number of hydrogen-bond donors (Lipinski definition) is 1. The van der Waals surface area contributed by atoms with E-state index in [0.29, 0.717) is 10.9 Å². The van der Waals surface area contributed by atoms with E-state index in [9.17, 15) is 26.3 Å². The first-order valence-corrected chi connectivity index (χ1v) is 7.09. The highest BCUT2D eigenvalue weighted by Gasteiger charge is 2.41. The van der Waals surface area contributed by atoms with Gasteiger partial charge < -0.3 is 10.5 Å². The molecule has 0 amide bonds. The second-order valence-corrected chi connectivity index (χ2v) is 5.61. The third-order valence-corrected chi connectivity index (χ3v) is 4.11. The Morgan fingerprint density at radius 3 is 2.12 bits per heavy atom. The fourth-order valence-corrected chi connectivity index (χ4v) is 2.86. The molecule has 134 valence electrons. The molecule has 0 saturated heterocycles. The molecular weight excluding hydrogens is 380 g/mol. The van der Waals surface area contributed by atoms with Crippen LogP contribution in [0.5, 0.6) is 5.75 Å².